The molecule has 1 aromatic rings. The van der Waals surface area contributed by atoms with E-state index in [0.717, 1.165) is 5.56 Å². The molecule has 22 heavy (non-hydrogen) atoms. The number of rotatable bonds is 3. The summed E-state index contributed by atoms with van der Waals surface area (Å²) in [7, 11) is 1.64. The number of guanidine groups is 1. The predicted molar refractivity (Wildman–Crippen MR) is 80.4 cm³/mol. The van der Waals surface area contributed by atoms with Gasteiger partial charge in [-0.1, -0.05) is 6.07 Å². The van der Waals surface area contributed by atoms with Gasteiger partial charge in [-0.25, -0.2) is 4.99 Å². The van der Waals surface area contributed by atoms with Crippen molar-refractivity contribution in [1.82, 2.24) is 10.2 Å². The van der Waals surface area contributed by atoms with Crippen molar-refractivity contribution in [2.45, 2.75) is 13.0 Å². The number of hydrogen-bond donors (Lipinski definition) is 2. The van der Waals surface area contributed by atoms with Gasteiger partial charge >= 0.3 is 0 Å². The number of aliphatic hydroxyl groups is 1. The number of nitrogens with zero attached hydrogens (tertiary/aromatic N) is 2. The topological polar surface area (TPSA) is 83.4 Å². The Kier molecular flexibility index (Phi) is 3.72. The highest BCUT2D eigenvalue weighted by molar-refractivity contribution is 6.15. The molecule has 1 amide bonds. The Labute approximate surface area is 127 Å². The number of aliphatic imine (C=N–C) groups is 1. The zero-order valence-electron chi connectivity index (χ0n) is 12.4. The normalized spacial score (nSPS) is 21.6. The van der Waals surface area contributed by atoms with Crippen LogP contribution in [0.15, 0.2) is 28.9 Å². The summed E-state index contributed by atoms with van der Waals surface area (Å²) in [5.41, 5.74) is 1.25. The van der Waals surface area contributed by atoms with E-state index < -0.39 is 6.10 Å². The molecule has 2 heterocycles. The van der Waals surface area contributed by atoms with Gasteiger partial charge in [-0.05, 0) is 30.7 Å². The van der Waals surface area contributed by atoms with Crippen LogP contribution in [0.25, 0.3) is 6.08 Å². The van der Waals surface area contributed by atoms with E-state index in [1.54, 1.807) is 26.1 Å². The molecule has 1 atom stereocenters. The fourth-order valence-corrected chi connectivity index (χ4v) is 2.17. The molecule has 2 aliphatic rings. The molecular weight excluding hydrogens is 286 g/mol. The third-order valence-electron chi connectivity index (χ3n) is 3.31. The molecule has 1 fully saturated rings. The van der Waals surface area contributed by atoms with Crippen molar-refractivity contribution in [2.75, 3.05) is 20.4 Å². The molecule has 116 valence electrons. The molecule has 0 aromatic heterocycles. The Morgan fingerprint density at radius 2 is 2.23 bits per heavy atom. The largest absolute Gasteiger partial charge is 0.454 e. The average molecular weight is 303 g/mol. The average Bonchev–Trinajstić information content (AvgIpc) is 3.05. The lowest BCUT2D eigenvalue weighted by molar-refractivity contribution is -0.121. The molecule has 7 nitrogen and oxygen atoms in total. The number of fused-ring (bicyclic) bond motifs is 1. The van der Waals surface area contributed by atoms with Crippen molar-refractivity contribution < 1.29 is 19.4 Å². The molecular formula is C15H17N3O4. The maximum atomic E-state index is 12.2. The molecule has 1 unspecified atom stereocenters. The van der Waals surface area contributed by atoms with Crippen LogP contribution < -0.4 is 14.8 Å². The van der Waals surface area contributed by atoms with Gasteiger partial charge in [0.15, 0.2) is 11.5 Å². The summed E-state index contributed by atoms with van der Waals surface area (Å²) in [5, 5.41) is 12.2. The molecule has 0 bridgehead atoms. The van der Waals surface area contributed by atoms with E-state index in [2.05, 4.69) is 10.3 Å². The monoisotopic (exact) mass is 303 g/mol. The van der Waals surface area contributed by atoms with Gasteiger partial charge in [-0.3, -0.25) is 9.69 Å². The minimum absolute atomic E-state index is 0.179. The van der Waals surface area contributed by atoms with Crippen LogP contribution in [0.2, 0.25) is 0 Å². The van der Waals surface area contributed by atoms with E-state index in [-0.39, 0.29) is 19.2 Å². The van der Waals surface area contributed by atoms with Crippen LogP contribution in [-0.4, -0.2) is 48.4 Å². The fraction of sp³-hybridized carbons (Fsp3) is 0.333. The number of nitrogens with one attached hydrogen (secondary N) is 1. The summed E-state index contributed by atoms with van der Waals surface area (Å²) in [5.74, 6) is 1.61. The van der Waals surface area contributed by atoms with Crippen LogP contribution in [0.5, 0.6) is 11.5 Å². The first kappa shape index (κ1) is 14.4. The van der Waals surface area contributed by atoms with E-state index in [4.69, 9.17) is 9.47 Å². The maximum Gasteiger partial charge on any atom is 0.276 e. The van der Waals surface area contributed by atoms with Gasteiger partial charge in [0, 0.05) is 7.05 Å². The number of carbonyl (C=O) groups excluding carboxylic acids is 1. The quantitative estimate of drug-likeness (QED) is 0.797. The molecule has 3 rings (SSSR count). The van der Waals surface area contributed by atoms with Gasteiger partial charge in [-0.15, -0.1) is 0 Å². The zero-order valence-corrected chi connectivity index (χ0v) is 12.4. The van der Waals surface area contributed by atoms with Gasteiger partial charge in [0.25, 0.3) is 5.91 Å². The molecule has 7 heteroatoms. The Balaban J connectivity index is 1.82. The number of likely N-dealkylation sites (N-methyl/N-ethyl adjacent to an activating group) is 1. The second-order valence-electron chi connectivity index (χ2n) is 5.17. The highest BCUT2D eigenvalue weighted by atomic mass is 16.7. The predicted octanol–water partition coefficient (Wildman–Crippen LogP) is 0.555. The molecule has 2 aliphatic heterocycles. The van der Waals surface area contributed by atoms with Crippen LogP contribution in [0.1, 0.15) is 12.5 Å². The second kappa shape index (κ2) is 5.69. The summed E-state index contributed by atoms with van der Waals surface area (Å²) in [6, 6.07) is 5.47. The third-order valence-corrected chi connectivity index (χ3v) is 3.31. The van der Waals surface area contributed by atoms with Gasteiger partial charge < -0.3 is 19.9 Å². The van der Waals surface area contributed by atoms with E-state index in [9.17, 15) is 9.90 Å². The molecule has 0 radical (unpaired) electrons. The lowest BCUT2D eigenvalue weighted by Gasteiger charge is -2.07. The maximum absolute atomic E-state index is 12.2. The Bertz CT molecular complexity index is 667. The summed E-state index contributed by atoms with van der Waals surface area (Å²) in [6.45, 7) is 2.09. The minimum atomic E-state index is -0.556. The summed E-state index contributed by atoms with van der Waals surface area (Å²) >= 11 is 0. The first-order valence-corrected chi connectivity index (χ1v) is 6.93. The molecule has 0 aliphatic carbocycles. The molecule has 0 spiro atoms. The Morgan fingerprint density at radius 3 is 3.00 bits per heavy atom. The highest BCUT2D eigenvalue weighted by Gasteiger charge is 2.28. The molecule has 0 saturated carbocycles. The minimum Gasteiger partial charge on any atom is -0.454 e. The highest BCUT2D eigenvalue weighted by Crippen LogP contribution is 2.33. The van der Waals surface area contributed by atoms with Crippen LogP contribution >= 0.6 is 0 Å². The van der Waals surface area contributed by atoms with Gasteiger partial charge in [0.1, 0.15) is 5.70 Å². The lowest BCUT2D eigenvalue weighted by atomic mass is 10.1. The van der Waals surface area contributed by atoms with Crippen molar-refractivity contribution >= 4 is 17.9 Å². The van der Waals surface area contributed by atoms with Crippen molar-refractivity contribution in [3.05, 3.63) is 29.5 Å². The zero-order chi connectivity index (χ0) is 15.7. The molecule has 1 saturated heterocycles. The van der Waals surface area contributed by atoms with Crippen LogP contribution in [0.4, 0.5) is 0 Å². The van der Waals surface area contributed by atoms with Gasteiger partial charge in [-0.2, -0.15) is 0 Å². The van der Waals surface area contributed by atoms with Crippen LogP contribution in [0, 0.1) is 0 Å². The third kappa shape index (κ3) is 2.75. The van der Waals surface area contributed by atoms with Crippen molar-refractivity contribution in [3.8, 4) is 11.5 Å². The van der Waals surface area contributed by atoms with Crippen LogP contribution in [-0.2, 0) is 4.79 Å². The van der Waals surface area contributed by atoms with E-state index in [1.165, 1.54) is 4.90 Å². The van der Waals surface area contributed by atoms with Crippen molar-refractivity contribution in [2.24, 2.45) is 4.99 Å². The lowest BCUT2D eigenvalue weighted by Crippen LogP contribution is -2.29. The number of aliphatic hydroxyl groups excluding tert-OH is 1. The number of carbonyl (C=O) groups is 1. The standard InChI is InChI=1S/C15H17N3O4/c1-9(19)7-16-15-17-11(14(20)18(15)2)5-10-3-4-12-13(6-10)22-8-21-12/h3-6,9,19H,7-8H2,1-2H3,(H,16,17)/b11-5-. The summed E-state index contributed by atoms with van der Waals surface area (Å²) in [6.07, 6.45) is 1.17. The first-order chi connectivity index (χ1) is 10.5. The first-order valence-electron chi connectivity index (χ1n) is 6.93. The number of benzene rings is 1. The van der Waals surface area contributed by atoms with Gasteiger partial charge in [0.2, 0.25) is 12.8 Å². The summed E-state index contributed by atoms with van der Waals surface area (Å²) < 4.78 is 10.6. The number of amides is 1. The number of ether oxygens (including phenoxy) is 2. The van der Waals surface area contributed by atoms with E-state index in [0.29, 0.717) is 23.2 Å². The Morgan fingerprint density at radius 1 is 1.45 bits per heavy atom. The van der Waals surface area contributed by atoms with E-state index in [1.807, 2.05) is 12.1 Å². The van der Waals surface area contributed by atoms with Crippen molar-refractivity contribution in [1.29, 1.82) is 0 Å². The fourth-order valence-electron chi connectivity index (χ4n) is 2.17. The SMILES string of the molecule is CC(O)CN=C1N/C(=C\c2ccc3c(c2)OCO3)C(=O)N1C. The van der Waals surface area contributed by atoms with Crippen molar-refractivity contribution in [3.63, 3.8) is 0 Å². The number of hydrogen-bond acceptors (Lipinski definition) is 5. The van der Waals surface area contributed by atoms with Gasteiger partial charge in [0.05, 0.1) is 12.6 Å². The van der Waals surface area contributed by atoms with E-state index >= 15 is 0 Å². The molecule has 1 aromatic carbocycles. The summed E-state index contributed by atoms with van der Waals surface area (Å²) in [4.78, 5) is 17.8. The van der Waals surface area contributed by atoms with Crippen LogP contribution in [0.3, 0.4) is 0 Å². The smallest absolute Gasteiger partial charge is 0.276 e. The Hall–Kier alpha value is -2.54. The second-order valence-corrected chi connectivity index (χ2v) is 5.17. The molecule has 2 N–H and O–H groups in total.